The third-order valence-electron chi connectivity index (χ3n) is 3.38. The van der Waals surface area contributed by atoms with Crippen molar-refractivity contribution in [1.29, 1.82) is 0 Å². The van der Waals surface area contributed by atoms with Crippen LogP contribution in [0.2, 0.25) is 0 Å². The van der Waals surface area contributed by atoms with Crippen LogP contribution in [0.15, 0.2) is 23.1 Å². The molecule has 0 bridgehead atoms. The third-order valence-corrected chi connectivity index (χ3v) is 4.97. The van der Waals surface area contributed by atoms with E-state index in [4.69, 9.17) is 0 Å². The summed E-state index contributed by atoms with van der Waals surface area (Å²) in [6, 6.07) is 6.51. The highest BCUT2D eigenvalue weighted by Gasteiger charge is 2.18. The zero-order chi connectivity index (χ0) is 14.4. The van der Waals surface area contributed by atoms with Crippen molar-refractivity contribution in [2.24, 2.45) is 5.92 Å². The van der Waals surface area contributed by atoms with Gasteiger partial charge in [0.05, 0.1) is 10.8 Å². The largest absolute Gasteiger partial charge is 0.313 e. The number of aryl methyl sites for hydroxylation is 2. The fourth-order valence-corrected chi connectivity index (χ4v) is 3.78. The molecule has 2 unspecified atom stereocenters. The van der Waals surface area contributed by atoms with E-state index in [1.165, 1.54) is 5.56 Å². The minimum Gasteiger partial charge on any atom is -0.313 e. The molecule has 0 aliphatic rings. The molecule has 0 amide bonds. The Kier molecular flexibility index (Phi) is 6.73. The molecule has 0 radical (unpaired) electrons. The molecule has 0 aliphatic carbocycles. The van der Waals surface area contributed by atoms with E-state index in [9.17, 15) is 4.21 Å². The van der Waals surface area contributed by atoms with Crippen LogP contribution in [0.1, 0.15) is 38.3 Å². The van der Waals surface area contributed by atoms with Crippen LogP contribution in [-0.4, -0.2) is 22.5 Å². The van der Waals surface area contributed by atoms with E-state index in [2.05, 4.69) is 51.2 Å². The molecular weight excluding hydrogens is 254 g/mol. The van der Waals surface area contributed by atoms with Crippen LogP contribution < -0.4 is 5.32 Å². The van der Waals surface area contributed by atoms with Crippen molar-refractivity contribution in [2.75, 3.05) is 12.3 Å². The average molecular weight is 281 g/mol. The Bertz CT molecular complexity index is 429. The van der Waals surface area contributed by atoms with Crippen LogP contribution in [0.25, 0.3) is 0 Å². The number of hydrogen-bond donors (Lipinski definition) is 1. The van der Waals surface area contributed by atoms with Gasteiger partial charge in [-0.1, -0.05) is 32.9 Å². The Morgan fingerprint density at radius 3 is 2.53 bits per heavy atom. The summed E-state index contributed by atoms with van der Waals surface area (Å²) < 4.78 is 12.6. The van der Waals surface area contributed by atoms with Gasteiger partial charge in [0.2, 0.25) is 0 Å². The maximum absolute atomic E-state index is 12.6. The normalized spacial score (nSPS) is 14.6. The summed E-state index contributed by atoms with van der Waals surface area (Å²) in [7, 11) is -0.922. The van der Waals surface area contributed by atoms with Gasteiger partial charge in [0.15, 0.2) is 0 Å². The second-order valence-corrected chi connectivity index (χ2v) is 7.05. The standard InChI is InChI=1S/C16H27NOS/c1-6-9-17-15(12(2)3)11-19(18)16-10-13(4)7-8-14(16)5/h7-8,10,12,15,17H,6,9,11H2,1-5H3. The lowest BCUT2D eigenvalue weighted by Gasteiger charge is -2.22. The minimum atomic E-state index is -0.922. The Morgan fingerprint density at radius 2 is 1.95 bits per heavy atom. The zero-order valence-corrected chi connectivity index (χ0v) is 13.6. The maximum atomic E-state index is 12.6. The van der Waals surface area contributed by atoms with Gasteiger partial charge in [-0.15, -0.1) is 0 Å². The fourth-order valence-electron chi connectivity index (χ4n) is 2.02. The van der Waals surface area contributed by atoms with Crippen molar-refractivity contribution in [2.45, 2.75) is 52.0 Å². The number of hydrogen-bond acceptors (Lipinski definition) is 2. The van der Waals surface area contributed by atoms with E-state index < -0.39 is 10.8 Å². The van der Waals surface area contributed by atoms with Crippen LogP contribution in [0.3, 0.4) is 0 Å². The Balaban J connectivity index is 2.78. The molecule has 108 valence electrons. The van der Waals surface area contributed by atoms with Crippen LogP contribution in [0.5, 0.6) is 0 Å². The topological polar surface area (TPSA) is 29.1 Å². The number of benzene rings is 1. The molecule has 1 rings (SSSR count). The van der Waals surface area contributed by atoms with Gasteiger partial charge in [-0.2, -0.15) is 0 Å². The first-order valence-corrected chi connectivity index (χ1v) is 8.46. The van der Waals surface area contributed by atoms with Gasteiger partial charge >= 0.3 is 0 Å². The molecule has 1 aromatic rings. The molecule has 0 saturated heterocycles. The van der Waals surface area contributed by atoms with Crippen molar-refractivity contribution in [3.8, 4) is 0 Å². The molecule has 1 aromatic carbocycles. The molecule has 19 heavy (non-hydrogen) atoms. The lowest BCUT2D eigenvalue weighted by Crippen LogP contribution is -2.39. The molecule has 2 atom stereocenters. The molecule has 3 heteroatoms. The Morgan fingerprint density at radius 1 is 1.26 bits per heavy atom. The molecule has 1 N–H and O–H groups in total. The van der Waals surface area contributed by atoms with Gasteiger partial charge < -0.3 is 5.32 Å². The van der Waals surface area contributed by atoms with Gasteiger partial charge in [0.1, 0.15) is 0 Å². The molecule has 0 fully saturated rings. The van der Waals surface area contributed by atoms with E-state index in [1.807, 2.05) is 6.92 Å². The highest BCUT2D eigenvalue weighted by atomic mass is 32.2. The first-order chi connectivity index (χ1) is 8.95. The summed E-state index contributed by atoms with van der Waals surface area (Å²) in [5.41, 5.74) is 2.30. The van der Waals surface area contributed by atoms with E-state index in [0.717, 1.165) is 23.4 Å². The Hall–Kier alpha value is -0.670. The van der Waals surface area contributed by atoms with Crippen molar-refractivity contribution >= 4 is 10.8 Å². The smallest absolute Gasteiger partial charge is 0.0548 e. The highest BCUT2D eigenvalue weighted by Crippen LogP contribution is 2.17. The SMILES string of the molecule is CCCNC(CS(=O)c1cc(C)ccc1C)C(C)C. The van der Waals surface area contributed by atoms with E-state index in [1.54, 1.807) is 0 Å². The summed E-state index contributed by atoms with van der Waals surface area (Å²) >= 11 is 0. The number of nitrogens with one attached hydrogen (secondary N) is 1. The van der Waals surface area contributed by atoms with Crippen LogP contribution in [0.4, 0.5) is 0 Å². The van der Waals surface area contributed by atoms with Crippen molar-refractivity contribution in [1.82, 2.24) is 5.32 Å². The molecule has 0 heterocycles. The quantitative estimate of drug-likeness (QED) is 0.829. The first kappa shape index (κ1) is 16.4. The summed E-state index contributed by atoms with van der Waals surface area (Å²) in [5, 5.41) is 3.51. The lowest BCUT2D eigenvalue weighted by atomic mass is 10.1. The number of rotatable bonds is 7. The molecule has 0 aromatic heterocycles. The molecule has 0 saturated carbocycles. The van der Waals surface area contributed by atoms with Gasteiger partial charge in [-0.3, -0.25) is 4.21 Å². The predicted octanol–water partition coefficient (Wildman–Crippen LogP) is 3.44. The first-order valence-electron chi connectivity index (χ1n) is 7.14. The second kappa shape index (κ2) is 7.81. The van der Waals surface area contributed by atoms with Gasteiger partial charge in [0.25, 0.3) is 0 Å². The highest BCUT2D eigenvalue weighted by molar-refractivity contribution is 7.85. The molecular formula is C16H27NOS. The summed E-state index contributed by atoms with van der Waals surface area (Å²) in [5.74, 6) is 1.20. The third kappa shape index (κ3) is 5.07. The molecule has 2 nitrogen and oxygen atoms in total. The van der Waals surface area contributed by atoms with Crippen LogP contribution >= 0.6 is 0 Å². The lowest BCUT2D eigenvalue weighted by molar-refractivity contribution is 0.431. The minimum absolute atomic E-state index is 0.320. The van der Waals surface area contributed by atoms with Gasteiger partial charge in [-0.25, -0.2) is 0 Å². The van der Waals surface area contributed by atoms with Crippen molar-refractivity contribution < 1.29 is 4.21 Å². The van der Waals surface area contributed by atoms with Gasteiger partial charge in [-0.05, 0) is 49.9 Å². The van der Waals surface area contributed by atoms with Crippen molar-refractivity contribution in [3.63, 3.8) is 0 Å². The predicted molar refractivity (Wildman–Crippen MR) is 84.1 cm³/mol. The van der Waals surface area contributed by atoms with Gasteiger partial charge in [0, 0.05) is 16.7 Å². The van der Waals surface area contributed by atoms with Crippen LogP contribution in [0, 0.1) is 19.8 Å². The summed E-state index contributed by atoms with van der Waals surface area (Å²) in [6.07, 6.45) is 1.11. The van der Waals surface area contributed by atoms with E-state index in [-0.39, 0.29) is 0 Å². The molecule has 0 spiro atoms. The van der Waals surface area contributed by atoms with Crippen LogP contribution in [-0.2, 0) is 10.8 Å². The average Bonchev–Trinajstić information content (AvgIpc) is 2.36. The van der Waals surface area contributed by atoms with Crippen molar-refractivity contribution in [3.05, 3.63) is 29.3 Å². The van der Waals surface area contributed by atoms with E-state index in [0.29, 0.717) is 17.7 Å². The van der Waals surface area contributed by atoms with E-state index >= 15 is 0 Å². The second-order valence-electron chi connectivity index (χ2n) is 5.59. The summed E-state index contributed by atoms with van der Waals surface area (Å²) in [6.45, 7) is 11.6. The zero-order valence-electron chi connectivity index (χ0n) is 12.8. The monoisotopic (exact) mass is 281 g/mol. The maximum Gasteiger partial charge on any atom is 0.0548 e. The molecule has 0 aliphatic heterocycles. The Labute approximate surface area is 120 Å². The fraction of sp³-hybridized carbons (Fsp3) is 0.625. The summed E-state index contributed by atoms with van der Waals surface area (Å²) in [4.78, 5) is 0.990.